The third kappa shape index (κ3) is 1.68. The van der Waals surface area contributed by atoms with Gasteiger partial charge in [0, 0.05) is 19.0 Å². The van der Waals surface area contributed by atoms with Crippen molar-refractivity contribution in [2.45, 2.75) is 24.4 Å². The Hall–Kier alpha value is -1.55. The lowest BCUT2D eigenvalue weighted by atomic mass is 9.81. The van der Waals surface area contributed by atoms with E-state index in [4.69, 9.17) is 4.74 Å². The maximum Gasteiger partial charge on any atom is 0.407 e. The highest BCUT2D eigenvalue weighted by Crippen LogP contribution is 2.49. The minimum absolute atomic E-state index is 0.110. The van der Waals surface area contributed by atoms with E-state index in [0.29, 0.717) is 0 Å². The lowest BCUT2D eigenvalue weighted by Crippen LogP contribution is -2.27. The van der Waals surface area contributed by atoms with Crippen molar-refractivity contribution >= 4 is 6.09 Å². The summed E-state index contributed by atoms with van der Waals surface area (Å²) < 4.78 is 5.50. The molecular formula is C14H18N2O2. The number of carbonyl (C=O) groups is 1. The molecule has 4 heteroatoms. The summed E-state index contributed by atoms with van der Waals surface area (Å²) in [4.78, 5) is 11.4. The molecule has 0 bridgehead atoms. The summed E-state index contributed by atoms with van der Waals surface area (Å²) in [5.41, 5.74) is 2.68. The molecule has 0 radical (unpaired) electrons. The lowest BCUT2D eigenvalue weighted by molar-refractivity contribution is 0.0912. The highest BCUT2D eigenvalue weighted by Gasteiger charge is 2.46. The van der Waals surface area contributed by atoms with E-state index in [1.54, 1.807) is 7.05 Å². The third-order valence-electron chi connectivity index (χ3n) is 4.15. The highest BCUT2D eigenvalue weighted by atomic mass is 16.6. The van der Waals surface area contributed by atoms with Gasteiger partial charge >= 0.3 is 6.09 Å². The predicted molar refractivity (Wildman–Crippen MR) is 68.5 cm³/mol. The molecule has 2 atom stereocenters. The second kappa shape index (κ2) is 4.28. The van der Waals surface area contributed by atoms with Gasteiger partial charge in [-0.2, -0.15) is 0 Å². The van der Waals surface area contributed by atoms with Gasteiger partial charge in [0.1, 0.15) is 6.10 Å². The number of nitrogens with one attached hydrogen (secondary N) is 2. The molecule has 1 fully saturated rings. The first-order valence-corrected chi connectivity index (χ1v) is 6.44. The summed E-state index contributed by atoms with van der Waals surface area (Å²) >= 11 is 0. The van der Waals surface area contributed by atoms with Crippen LogP contribution in [0.2, 0.25) is 0 Å². The topological polar surface area (TPSA) is 50.4 Å². The van der Waals surface area contributed by atoms with E-state index in [2.05, 4.69) is 28.8 Å². The maximum absolute atomic E-state index is 11.4. The van der Waals surface area contributed by atoms with Gasteiger partial charge in [-0.3, -0.25) is 0 Å². The predicted octanol–water partition coefficient (Wildman–Crippen LogP) is 1.72. The van der Waals surface area contributed by atoms with E-state index in [1.807, 2.05) is 6.07 Å². The molecule has 3 rings (SSSR count). The van der Waals surface area contributed by atoms with Crippen LogP contribution >= 0.6 is 0 Å². The fraction of sp³-hybridized carbons (Fsp3) is 0.500. The van der Waals surface area contributed by atoms with Crippen molar-refractivity contribution < 1.29 is 9.53 Å². The van der Waals surface area contributed by atoms with Crippen molar-refractivity contribution in [1.82, 2.24) is 10.6 Å². The number of alkyl carbamates (subject to hydrolysis) is 1. The molecule has 2 unspecified atom stereocenters. The molecule has 0 saturated carbocycles. The largest absolute Gasteiger partial charge is 0.441 e. The number of fused-ring (bicyclic) bond motifs is 2. The maximum atomic E-state index is 11.4. The second-order valence-electron chi connectivity index (χ2n) is 5.14. The monoisotopic (exact) mass is 246 g/mol. The Morgan fingerprint density at radius 3 is 3.06 bits per heavy atom. The third-order valence-corrected chi connectivity index (χ3v) is 4.15. The van der Waals surface area contributed by atoms with Crippen molar-refractivity contribution in [3.63, 3.8) is 0 Å². The fourth-order valence-electron chi connectivity index (χ4n) is 3.28. The van der Waals surface area contributed by atoms with Crippen molar-refractivity contribution in [2.24, 2.45) is 0 Å². The van der Waals surface area contributed by atoms with Crippen molar-refractivity contribution in [3.05, 3.63) is 35.4 Å². The van der Waals surface area contributed by atoms with Crippen molar-refractivity contribution in [1.29, 1.82) is 0 Å². The van der Waals surface area contributed by atoms with Crippen molar-refractivity contribution in [3.8, 4) is 0 Å². The molecule has 2 N–H and O–H groups in total. The minimum atomic E-state index is -0.349. The number of hydrogen-bond acceptors (Lipinski definition) is 3. The van der Waals surface area contributed by atoms with Gasteiger partial charge in [0.2, 0.25) is 0 Å². The first-order chi connectivity index (χ1) is 8.75. The summed E-state index contributed by atoms with van der Waals surface area (Å²) in [6.45, 7) is 2.03. The summed E-state index contributed by atoms with van der Waals surface area (Å²) in [7, 11) is 1.59. The molecule has 1 saturated heterocycles. The Labute approximate surface area is 107 Å². The van der Waals surface area contributed by atoms with Crippen LogP contribution in [0, 0.1) is 0 Å². The Morgan fingerprint density at radius 1 is 1.50 bits per heavy atom. The van der Waals surface area contributed by atoms with E-state index in [1.165, 1.54) is 11.1 Å². The van der Waals surface area contributed by atoms with Crippen LogP contribution in [0.25, 0.3) is 0 Å². The summed E-state index contributed by atoms with van der Waals surface area (Å²) in [6.07, 6.45) is 1.56. The number of amides is 1. The first kappa shape index (κ1) is 11.5. The van der Waals surface area contributed by atoms with E-state index in [-0.39, 0.29) is 17.6 Å². The Balaban J connectivity index is 1.94. The number of benzene rings is 1. The molecule has 96 valence electrons. The molecule has 1 spiro atoms. The standard InChI is InChI=1S/C14H18N2O2/c1-15-13(17)18-12-8-14(6-7-16-9-14)11-5-3-2-4-10(11)12/h2-5,12,16H,6-9H2,1H3,(H,15,17). The molecule has 1 aliphatic carbocycles. The van der Waals surface area contributed by atoms with Gasteiger partial charge in [0.05, 0.1) is 0 Å². The molecular weight excluding hydrogens is 228 g/mol. The average Bonchev–Trinajstić information content (AvgIpc) is 2.98. The Kier molecular flexibility index (Phi) is 2.74. The molecule has 1 aromatic rings. The fourth-order valence-corrected chi connectivity index (χ4v) is 3.28. The SMILES string of the molecule is CNC(=O)OC1CC2(CCNC2)c2ccccc21. The molecule has 0 aromatic heterocycles. The van der Waals surface area contributed by atoms with Crippen LogP contribution in [0.3, 0.4) is 0 Å². The van der Waals surface area contributed by atoms with Gasteiger partial charge in [0.25, 0.3) is 0 Å². The molecule has 1 heterocycles. The molecule has 18 heavy (non-hydrogen) atoms. The molecule has 2 aliphatic rings. The number of carbonyl (C=O) groups excluding carboxylic acids is 1. The average molecular weight is 246 g/mol. The number of ether oxygens (including phenoxy) is 1. The first-order valence-electron chi connectivity index (χ1n) is 6.44. The van der Waals surface area contributed by atoms with Gasteiger partial charge in [-0.05, 0) is 30.5 Å². The summed E-state index contributed by atoms with van der Waals surface area (Å²) in [5.74, 6) is 0. The van der Waals surface area contributed by atoms with E-state index >= 15 is 0 Å². The molecule has 1 aliphatic heterocycles. The number of hydrogen-bond donors (Lipinski definition) is 2. The van der Waals surface area contributed by atoms with Crippen LogP contribution in [0.4, 0.5) is 4.79 Å². The van der Waals surface area contributed by atoms with Gasteiger partial charge in [-0.15, -0.1) is 0 Å². The van der Waals surface area contributed by atoms with Crippen LogP contribution in [0.1, 0.15) is 30.1 Å². The smallest absolute Gasteiger partial charge is 0.407 e. The molecule has 1 aromatic carbocycles. The van der Waals surface area contributed by atoms with E-state index in [0.717, 1.165) is 25.9 Å². The number of rotatable bonds is 1. The van der Waals surface area contributed by atoms with Crippen molar-refractivity contribution in [2.75, 3.05) is 20.1 Å². The Bertz CT molecular complexity index is 467. The minimum Gasteiger partial charge on any atom is -0.441 e. The van der Waals surface area contributed by atoms with Gasteiger partial charge < -0.3 is 15.4 Å². The zero-order chi connectivity index (χ0) is 12.6. The second-order valence-corrected chi connectivity index (χ2v) is 5.14. The zero-order valence-electron chi connectivity index (χ0n) is 10.5. The van der Waals surface area contributed by atoms with Gasteiger partial charge in [0.15, 0.2) is 0 Å². The van der Waals surface area contributed by atoms with E-state index < -0.39 is 0 Å². The van der Waals surface area contributed by atoms with Gasteiger partial charge in [-0.1, -0.05) is 24.3 Å². The van der Waals surface area contributed by atoms with Gasteiger partial charge in [-0.25, -0.2) is 4.79 Å². The normalized spacial score (nSPS) is 29.3. The summed E-state index contributed by atoms with van der Waals surface area (Å²) in [6, 6.07) is 8.34. The zero-order valence-corrected chi connectivity index (χ0v) is 10.5. The quantitative estimate of drug-likeness (QED) is 0.793. The van der Waals surface area contributed by atoms with Crippen LogP contribution in [-0.2, 0) is 10.2 Å². The Morgan fingerprint density at radius 2 is 2.33 bits per heavy atom. The van der Waals surface area contributed by atoms with Crippen LogP contribution in [0.15, 0.2) is 24.3 Å². The van der Waals surface area contributed by atoms with Crippen LogP contribution < -0.4 is 10.6 Å². The summed E-state index contributed by atoms with van der Waals surface area (Å²) in [5, 5.41) is 5.95. The van der Waals surface area contributed by atoms with Crippen LogP contribution in [-0.4, -0.2) is 26.2 Å². The highest BCUT2D eigenvalue weighted by molar-refractivity contribution is 5.67. The molecule has 4 nitrogen and oxygen atoms in total. The molecule has 1 amide bonds. The van der Waals surface area contributed by atoms with Crippen LogP contribution in [0.5, 0.6) is 0 Å². The van der Waals surface area contributed by atoms with E-state index in [9.17, 15) is 4.79 Å². The lowest BCUT2D eigenvalue weighted by Gasteiger charge is -2.23.